The molecule has 1 saturated heterocycles. The second-order valence-corrected chi connectivity index (χ2v) is 6.28. The second-order valence-electron chi connectivity index (χ2n) is 6.28. The molecule has 0 aromatic heterocycles. The van der Waals surface area contributed by atoms with Gasteiger partial charge in [-0.15, -0.1) is 13.2 Å². The zero-order valence-electron chi connectivity index (χ0n) is 13.8. The molecule has 0 radical (unpaired) electrons. The molecule has 1 aliphatic heterocycles. The van der Waals surface area contributed by atoms with Gasteiger partial charge in [-0.2, -0.15) is 0 Å². The molecular formula is C17H29N3O2. The van der Waals surface area contributed by atoms with Crippen molar-refractivity contribution < 1.29 is 9.59 Å². The fourth-order valence-corrected chi connectivity index (χ4v) is 2.80. The van der Waals surface area contributed by atoms with E-state index in [9.17, 15) is 9.59 Å². The zero-order valence-corrected chi connectivity index (χ0v) is 13.8. The molecule has 2 amide bonds. The minimum absolute atomic E-state index is 0.0326. The SMILES string of the molecule is C=CCC(C)NC(=O)CC1(C(=O)NC(C)CC=C)CCNC1. The van der Waals surface area contributed by atoms with E-state index in [1.165, 1.54) is 0 Å². The van der Waals surface area contributed by atoms with Crippen molar-refractivity contribution in [3.63, 3.8) is 0 Å². The van der Waals surface area contributed by atoms with E-state index in [-0.39, 0.29) is 30.3 Å². The summed E-state index contributed by atoms with van der Waals surface area (Å²) in [6.07, 6.45) is 5.91. The maximum atomic E-state index is 12.6. The Morgan fingerprint density at radius 3 is 2.27 bits per heavy atom. The summed E-state index contributed by atoms with van der Waals surface area (Å²) >= 11 is 0. The number of hydrogen-bond donors (Lipinski definition) is 3. The van der Waals surface area contributed by atoms with Crippen LogP contribution in [0, 0.1) is 5.41 Å². The predicted octanol–water partition coefficient (Wildman–Crippen LogP) is 1.52. The van der Waals surface area contributed by atoms with Gasteiger partial charge >= 0.3 is 0 Å². The summed E-state index contributed by atoms with van der Waals surface area (Å²) in [6, 6.07) is 0.0735. The van der Waals surface area contributed by atoms with Crippen LogP contribution in [0.5, 0.6) is 0 Å². The van der Waals surface area contributed by atoms with Gasteiger partial charge in [0.15, 0.2) is 0 Å². The first-order chi connectivity index (χ1) is 10.4. The van der Waals surface area contributed by atoms with Crippen LogP contribution in [0.2, 0.25) is 0 Å². The quantitative estimate of drug-likeness (QED) is 0.566. The van der Waals surface area contributed by atoms with E-state index in [1.54, 1.807) is 12.2 Å². The smallest absolute Gasteiger partial charge is 0.228 e. The van der Waals surface area contributed by atoms with Gasteiger partial charge in [0.2, 0.25) is 11.8 Å². The molecule has 0 spiro atoms. The van der Waals surface area contributed by atoms with Gasteiger partial charge in [-0.3, -0.25) is 9.59 Å². The van der Waals surface area contributed by atoms with Crippen LogP contribution < -0.4 is 16.0 Å². The summed E-state index contributed by atoms with van der Waals surface area (Å²) < 4.78 is 0. The molecule has 3 N–H and O–H groups in total. The van der Waals surface area contributed by atoms with E-state index in [0.717, 1.165) is 19.4 Å². The Balaban J connectivity index is 2.66. The van der Waals surface area contributed by atoms with E-state index in [4.69, 9.17) is 0 Å². The summed E-state index contributed by atoms with van der Waals surface area (Å²) in [4.78, 5) is 24.9. The second kappa shape index (κ2) is 8.73. The van der Waals surface area contributed by atoms with E-state index < -0.39 is 5.41 Å². The number of nitrogens with one attached hydrogen (secondary N) is 3. The van der Waals surface area contributed by atoms with Gasteiger partial charge in [0.1, 0.15) is 0 Å². The van der Waals surface area contributed by atoms with Crippen molar-refractivity contribution in [2.45, 2.75) is 51.6 Å². The fraction of sp³-hybridized carbons (Fsp3) is 0.647. The molecule has 0 saturated carbocycles. The van der Waals surface area contributed by atoms with Crippen molar-refractivity contribution in [2.24, 2.45) is 5.41 Å². The lowest BCUT2D eigenvalue weighted by atomic mass is 9.81. The molecule has 1 heterocycles. The Bertz CT molecular complexity index is 414. The molecule has 0 bridgehead atoms. The highest BCUT2D eigenvalue weighted by Crippen LogP contribution is 2.30. The van der Waals surface area contributed by atoms with Crippen molar-refractivity contribution in [1.29, 1.82) is 0 Å². The molecule has 3 unspecified atom stereocenters. The minimum Gasteiger partial charge on any atom is -0.353 e. The predicted molar refractivity (Wildman–Crippen MR) is 89.4 cm³/mol. The molecule has 1 aliphatic rings. The summed E-state index contributed by atoms with van der Waals surface area (Å²) in [5.41, 5.74) is -0.645. The topological polar surface area (TPSA) is 70.2 Å². The van der Waals surface area contributed by atoms with Crippen LogP contribution in [0.3, 0.4) is 0 Å². The molecule has 1 rings (SSSR count). The van der Waals surface area contributed by atoms with E-state index >= 15 is 0 Å². The van der Waals surface area contributed by atoms with Gasteiger partial charge in [0.25, 0.3) is 0 Å². The average molecular weight is 307 g/mol. The van der Waals surface area contributed by atoms with E-state index in [2.05, 4.69) is 29.1 Å². The normalized spacial score (nSPS) is 23.4. The third-order valence-corrected chi connectivity index (χ3v) is 4.05. The Labute approximate surface area is 133 Å². The lowest BCUT2D eigenvalue weighted by Gasteiger charge is -2.28. The summed E-state index contributed by atoms with van der Waals surface area (Å²) in [7, 11) is 0. The average Bonchev–Trinajstić information content (AvgIpc) is 2.88. The highest BCUT2D eigenvalue weighted by Gasteiger charge is 2.43. The van der Waals surface area contributed by atoms with E-state index in [1.807, 2.05) is 13.8 Å². The zero-order chi connectivity index (χ0) is 16.6. The van der Waals surface area contributed by atoms with Gasteiger partial charge in [-0.25, -0.2) is 0 Å². The molecule has 5 heteroatoms. The number of rotatable bonds is 9. The Morgan fingerprint density at radius 1 is 1.18 bits per heavy atom. The monoisotopic (exact) mass is 307 g/mol. The third-order valence-electron chi connectivity index (χ3n) is 4.05. The van der Waals surface area contributed by atoms with Gasteiger partial charge < -0.3 is 16.0 Å². The van der Waals surface area contributed by atoms with Crippen LogP contribution in [0.15, 0.2) is 25.3 Å². The number of carbonyl (C=O) groups excluding carboxylic acids is 2. The molecule has 1 fully saturated rings. The summed E-state index contributed by atoms with van der Waals surface area (Å²) in [5.74, 6) is -0.122. The first-order valence-electron chi connectivity index (χ1n) is 7.96. The molecule has 22 heavy (non-hydrogen) atoms. The van der Waals surface area contributed by atoms with Crippen molar-refractivity contribution in [2.75, 3.05) is 13.1 Å². The van der Waals surface area contributed by atoms with Crippen molar-refractivity contribution in [3.8, 4) is 0 Å². The largest absolute Gasteiger partial charge is 0.353 e. The van der Waals surface area contributed by atoms with Crippen molar-refractivity contribution in [1.82, 2.24) is 16.0 Å². The van der Waals surface area contributed by atoms with Crippen LogP contribution in [-0.4, -0.2) is 37.0 Å². The lowest BCUT2D eigenvalue weighted by molar-refractivity contribution is -0.136. The van der Waals surface area contributed by atoms with Crippen molar-refractivity contribution in [3.05, 3.63) is 25.3 Å². The fourth-order valence-electron chi connectivity index (χ4n) is 2.80. The Hall–Kier alpha value is -1.62. The summed E-state index contributed by atoms with van der Waals surface area (Å²) in [6.45, 7) is 12.5. The number of hydrogen-bond acceptors (Lipinski definition) is 3. The first-order valence-corrected chi connectivity index (χ1v) is 7.96. The summed E-state index contributed by atoms with van der Waals surface area (Å²) in [5, 5.41) is 9.14. The third kappa shape index (κ3) is 5.30. The van der Waals surface area contributed by atoms with Crippen LogP contribution in [0.4, 0.5) is 0 Å². The first kappa shape index (κ1) is 18.4. The molecular weight excluding hydrogens is 278 g/mol. The standard InChI is InChI=1S/C17H29N3O2/c1-5-7-13(3)19-15(21)11-17(9-10-18-12-17)16(22)20-14(4)8-6-2/h5-6,13-14,18H,1-2,7-12H2,3-4H3,(H,19,21)(H,20,22). The Morgan fingerprint density at radius 2 is 1.77 bits per heavy atom. The van der Waals surface area contributed by atoms with Crippen LogP contribution in [-0.2, 0) is 9.59 Å². The minimum atomic E-state index is -0.645. The van der Waals surface area contributed by atoms with Gasteiger partial charge in [0, 0.05) is 25.0 Å². The molecule has 0 aromatic carbocycles. The van der Waals surface area contributed by atoms with Gasteiger partial charge in [0.05, 0.1) is 5.41 Å². The number of carbonyl (C=O) groups is 2. The van der Waals surface area contributed by atoms with Crippen LogP contribution >= 0.6 is 0 Å². The van der Waals surface area contributed by atoms with Gasteiger partial charge in [-0.1, -0.05) is 12.2 Å². The molecule has 0 aliphatic carbocycles. The van der Waals surface area contributed by atoms with Gasteiger partial charge in [-0.05, 0) is 39.7 Å². The maximum absolute atomic E-state index is 12.6. The molecule has 3 atom stereocenters. The van der Waals surface area contributed by atoms with Crippen molar-refractivity contribution >= 4 is 11.8 Å². The van der Waals surface area contributed by atoms with Crippen LogP contribution in [0.1, 0.15) is 39.5 Å². The highest BCUT2D eigenvalue weighted by molar-refractivity contribution is 5.89. The molecule has 124 valence electrons. The van der Waals surface area contributed by atoms with Crippen LogP contribution in [0.25, 0.3) is 0 Å². The number of amides is 2. The lowest BCUT2D eigenvalue weighted by Crippen LogP contribution is -2.48. The maximum Gasteiger partial charge on any atom is 0.228 e. The molecule has 0 aromatic rings. The highest BCUT2D eigenvalue weighted by atomic mass is 16.2. The van der Waals surface area contributed by atoms with E-state index in [0.29, 0.717) is 13.0 Å². The Kier molecular flexibility index (Phi) is 7.32. The molecule has 5 nitrogen and oxygen atoms in total.